The Morgan fingerprint density at radius 3 is 3.14 bits per heavy atom. The lowest BCUT2D eigenvalue weighted by molar-refractivity contribution is 0.0696. The first-order valence-corrected chi connectivity index (χ1v) is 4.47. The van der Waals surface area contributed by atoms with E-state index in [1.807, 2.05) is 0 Å². The van der Waals surface area contributed by atoms with Crippen LogP contribution in [0.5, 0.6) is 5.75 Å². The van der Waals surface area contributed by atoms with Crippen LogP contribution < -0.4 is 10.1 Å². The van der Waals surface area contributed by atoms with Crippen molar-refractivity contribution in [1.82, 2.24) is 5.32 Å². The molecule has 0 unspecified atom stereocenters. The van der Waals surface area contributed by atoms with Crippen LogP contribution in [0.3, 0.4) is 0 Å². The van der Waals surface area contributed by atoms with Gasteiger partial charge in [0.05, 0.1) is 5.56 Å². The number of nitrogens with one attached hydrogen (secondary N) is 1. The molecule has 4 nitrogen and oxygen atoms in total. The smallest absolute Gasteiger partial charge is 0.335 e. The number of carbonyl (C=O) groups is 1. The van der Waals surface area contributed by atoms with Gasteiger partial charge < -0.3 is 15.2 Å². The van der Waals surface area contributed by atoms with Gasteiger partial charge in [0.25, 0.3) is 0 Å². The molecule has 1 aromatic rings. The molecule has 0 aliphatic carbocycles. The molecule has 0 atom stereocenters. The highest BCUT2D eigenvalue weighted by atomic mass is 16.5. The van der Waals surface area contributed by atoms with E-state index in [-0.39, 0.29) is 5.56 Å². The molecule has 0 spiro atoms. The molecule has 1 aliphatic heterocycles. The minimum absolute atomic E-state index is 0.269. The summed E-state index contributed by atoms with van der Waals surface area (Å²) in [6.45, 7) is 2.10. The van der Waals surface area contributed by atoms with E-state index in [2.05, 4.69) is 5.32 Å². The van der Waals surface area contributed by atoms with E-state index >= 15 is 0 Å². The van der Waals surface area contributed by atoms with Crippen molar-refractivity contribution in [2.45, 2.75) is 6.54 Å². The zero-order chi connectivity index (χ0) is 9.97. The third-order valence-electron chi connectivity index (χ3n) is 2.17. The molecule has 0 bridgehead atoms. The maximum atomic E-state index is 10.7. The highest BCUT2D eigenvalue weighted by Crippen LogP contribution is 2.21. The Bertz CT molecular complexity index is 362. The van der Waals surface area contributed by atoms with Crippen LogP contribution in [0.2, 0.25) is 0 Å². The van der Waals surface area contributed by atoms with Crippen molar-refractivity contribution >= 4 is 5.97 Å². The molecule has 2 rings (SSSR count). The lowest BCUT2D eigenvalue weighted by Gasteiger charge is -2.06. The van der Waals surface area contributed by atoms with Gasteiger partial charge in [-0.1, -0.05) is 6.07 Å². The molecule has 1 aromatic carbocycles. The average molecular weight is 193 g/mol. The fraction of sp³-hybridized carbons (Fsp3) is 0.300. The van der Waals surface area contributed by atoms with Crippen LogP contribution in [0.15, 0.2) is 18.2 Å². The Hall–Kier alpha value is -1.55. The second-order valence-electron chi connectivity index (χ2n) is 3.15. The van der Waals surface area contributed by atoms with Gasteiger partial charge >= 0.3 is 5.97 Å². The van der Waals surface area contributed by atoms with Crippen LogP contribution in [0.4, 0.5) is 0 Å². The number of fused-ring (bicyclic) bond motifs is 1. The van der Waals surface area contributed by atoms with Gasteiger partial charge in [-0.15, -0.1) is 0 Å². The lowest BCUT2D eigenvalue weighted by Crippen LogP contribution is -2.16. The van der Waals surface area contributed by atoms with Crippen LogP contribution >= 0.6 is 0 Å². The molecule has 4 heteroatoms. The average Bonchev–Trinajstić information content (AvgIpc) is 2.41. The second-order valence-corrected chi connectivity index (χ2v) is 3.15. The first-order valence-electron chi connectivity index (χ1n) is 4.47. The topological polar surface area (TPSA) is 58.6 Å². The van der Waals surface area contributed by atoms with E-state index in [1.165, 1.54) is 0 Å². The minimum Gasteiger partial charge on any atom is -0.492 e. The third-order valence-corrected chi connectivity index (χ3v) is 2.17. The molecule has 74 valence electrons. The molecule has 0 amide bonds. The predicted molar refractivity (Wildman–Crippen MR) is 50.6 cm³/mol. The van der Waals surface area contributed by atoms with Crippen LogP contribution in [-0.2, 0) is 6.54 Å². The molecule has 0 saturated carbocycles. The molecule has 14 heavy (non-hydrogen) atoms. The normalized spacial score (nSPS) is 15.1. The minimum atomic E-state index is -0.923. The van der Waals surface area contributed by atoms with Gasteiger partial charge in [-0.3, -0.25) is 0 Å². The maximum absolute atomic E-state index is 10.7. The van der Waals surface area contributed by atoms with Crippen molar-refractivity contribution in [3.05, 3.63) is 29.3 Å². The summed E-state index contributed by atoms with van der Waals surface area (Å²) >= 11 is 0. The first-order chi connectivity index (χ1) is 6.77. The Morgan fingerprint density at radius 1 is 1.50 bits per heavy atom. The summed E-state index contributed by atoms with van der Waals surface area (Å²) in [6.07, 6.45) is 0. The number of rotatable bonds is 1. The predicted octanol–water partition coefficient (Wildman–Crippen LogP) is 0.867. The molecule has 2 N–H and O–H groups in total. The van der Waals surface area contributed by atoms with E-state index in [9.17, 15) is 4.79 Å². The van der Waals surface area contributed by atoms with E-state index in [1.54, 1.807) is 18.2 Å². The van der Waals surface area contributed by atoms with Crippen molar-refractivity contribution < 1.29 is 14.6 Å². The Labute approximate surface area is 81.5 Å². The molecule has 0 saturated heterocycles. The van der Waals surface area contributed by atoms with Gasteiger partial charge in [0.2, 0.25) is 0 Å². The van der Waals surface area contributed by atoms with Crippen molar-refractivity contribution in [1.29, 1.82) is 0 Å². The van der Waals surface area contributed by atoms with E-state index < -0.39 is 5.97 Å². The summed E-state index contributed by atoms with van der Waals surface area (Å²) in [5, 5.41) is 12.0. The Balaban J connectivity index is 2.37. The highest BCUT2D eigenvalue weighted by Gasteiger charge is 2.11. The summed E-state index contributed by atoms with van der Waals surface area (Å²) < 4.78 is 5.41. The molecular weight excluding hydrogens is 182 g/mol. The summed E-state index contributed by atoms with van der Waals surface area (Å²) in [7, 11) is 0. The number of benzene rings is 1. The summed E-state index contributed by atoms with van der Waals surface area (Å²) in [5.41, 5.74) is 1.28. The quantitative estimate of drug-likeness (QED) is 0.694. The van der Waals surface area contributed by atoms with Crippen molar-refractivity contribution in [3.63, 3.8) is 0 Å². The lowest BCUT2D eigenvalue weighted by atomic mass is 10.1. The largest absolute Gasteiger partial charge is 0.492 e. The molecular formula is C10H11NO3. The zero-order valence-electron chi connectivity index (χ0n) is 7.62. The van der Waals surface area contributed by atoms with Crippen molar-refractivity contribution in [2.75, 3.05) is 13.2 Å². The molecule has 1 heterocycles. The number of carboxylic acids is 1. The molecule has 0 aromatic heterocycles. The van der Waals surface area contributed by atoms with Crippen molar-refractivity contribution in [2.24, 2.45) is 0 Å². The first kappa shape index (κ1) is 9.02. The number of ether oxygens (including phenoxy) is 1. The van der Waals surface area contributed by atoms with Crippen LogP contribution in [0.25, 0.3) is 0 Å². The van der Waals surface area contributed by atoms with Gasteiger partial charge in [-0.2, -0.15) is 0 Å². The summed E-state index contributed by atoms with van der Waals surface area (Å²) in [5.74, 6) is -0.247. The molecule has 0 fully saturated rings. The summed E-state index contributed by atoms with van der Waals surface area (Å²) in [6, 6.07) is 4.96. The standard InChI is InChI=1S/C10H11NO3/c12-10(13)7-1-2-8-6-11-3-4-14-9(8)5-7/h1-2,5,11H,3-4,6H2,(H,12,13). The maximum Gasteiger partial charge on any atom is 0.335 e. The fourth-order valence-electron chi connectivity index (χ4n) is 1.42. The second kappa shape index (κ2) is 3.67. The van der Waals surface area contributed by atoms with Crippen molar-refractivity contribution in [3.8, 4) is 5.75 Å². The zero-order valence-corrected chi connectivity index (χ0v) is 7.62. The monoisotopic (exact) mass is 193 g/mol. The van der Waals surface area contributed by atoms with Gasteiger partial charge in [0.15, 0.2) is 0 Å². The highest BCUT2D eigenvalue weighted by molar-refractivity contribution is 5.88. The Kier molecular flexibility index (Phi) is 2.37. The van der Waals surface area contributed by atoms with Gasteiger partial charge in [0, 0.05) is 18.7 Å². The number of carboxylic acid groups (broad SMARTS) is 1. The molecule has 0 radical (unpaired) electrons. The SMILES string of the molecule is O=C(O)c1ccc2c(c1)OCCNC2. The van der Waals surface area contributed by atoms with Crippen LogP contribution in [0, 0.1) is 0 Å². The van der Waals surface area contributed by atoms with E-state index in [4.69, 9.17) is 9.84 Å². The number of hydrogen-bond donors (Lipinski definition) is 2. The third kappa shape index (κ3) is 1.70. The Morgan fingerprint density at radius 2 is 2.36 bits per heavy atom. The van der Waals surface area contributed by atoms with E-state index in [0.717, 1.165) is 18.7 Å². The van der Waals surface area contributed by atoms with Gasteiger partial charge in [-0.25, -0.2) is 4.79 Å². The fourth-order valence-corrected chi connectivity index (χ4v) is 1.42. The van der Waals surface area contributed by atoms with Crippen LogP contribution in [-0.4, -0.2) is 24.2 Å². The van der Waals surface area contributed by atoms with Crippen LogP contribution in [0.1, 0.15) is 15.9 Å². The number of hydrogen-bond acceptors (Lipinski definition) is 3. The molecule has 1 aliphatic rings. The van der Waals surface area contributed by atoms with E-state index in [0.29, 0.717) is 12.4 Å². The van der Waals surface area contributed by atoms with Gasteiger partial charge in [-0.05, 0) is 12.1 Å². The summed E-state index contributed by atoms with van der Waals surface area (Å²) in [4.78, 5) is 10.7. The van der Waals surface area contributed by atoms with Gasteiger partial charge in [0.1, 0.15) is 12.4 Å². The number of aromatic carboxylic acids is 1.